The normalized spacial score (nSPS) is 19.0. The second-order valence-electron chi connectivity index (χ2n) is 5.01. The molecule has 0 radical (unpaired) electrons. The Balaban J connectivity index is 1.90. The Hall–Kier alpha value is -1.65. The lowest BCUT2D eigenvalue weighted by atomic mass is 10.1. The van der Waals surface area contributed by atoms with E-state index in [4.69, 9.17) is 11.6 Å². The fourth-order valence-electron chi connectivity index (χ4n) is 2.70. The third kappa shape index (κ3) is 2.37. The Labute approximate surface area is 122 Å². The molecule has 3 rings (SSSR count). The number of likely N-dealkylation sites (tertiary alicyclic amines) is 1. The van der Waals surface area contributed by atoms with Gasteiger partial charge in [0.25, 0.3) is 0 Å². The first-order chi connectivity index (χ1) is 9.69. The van der Waals surface area contributed by atoms with Gasteiger partial charge in [0.2, 0.25) is 5.91 Å². The molecule has 1 saturated heterocycles. The van der Waals surface area contributed by atoms with E-state index in [0.717, 1.165) is 29.4 Å². The van der Waals surface area contributed by atoms with Gasteiger partial charge in [0.05, 0.1) is 11.6 Å². The summed E-state index contributed by atoms with van der Waals surface area (Å²) in [5, 5.41) is 4.59. The van der Waals surface area contributed by atoms with Crippen LogP contribution in [0.1, 0.15) is 12.0 Å². The molecule has 0 spiro atoms. The van der Waals surface area contributed by atoms with Crippen molar-refractivity contribution in [3.05, 3.63) is 41.0 Å². The van der Waals surface area contributed by atoms with Crippen LogP contribution in [0.3, 0.4) is 0 Å². The number of halogens is 1. The molecule has 1 amide bonds. The van der Waals surface area contributed by atoms with Gasteiger partial charge in [-0.15, -0.1) is 0 Å². The first kappa shape index (κ1) is 13.3. The topological polar surface area (TPSA) is 45.2 Å². The number of carbonyl (C=O) groups is 1. The Morgan fingerprint density at radius 1 is 1.40 bits per heavy atom. The largest absolute Gasteiger partial charge is 0.337 e. The number of hydrogen-bond acceptors (Lipinski definition) is 3. The summed E-state index contributed by atoms with van der Waals surface area (Å²) in [6, 6.07) is 9.64. The summed E-state index contributed by atoms with van der Waals surface area (Å²) in [5.41, 5.74) is 1.98. The van der Waals surface area contributed by atoms with Crippen LogP contribution < -0.4 is 5.32 Å². The van der Waals surface area contributed by atoms with Crippen molar-refractivity contribution in [2.75, 3.05) is 13.6 Å². The van der Waals surface area contributed by atoms with Gasteiger partial charge in [-0.25, -0.2) is 4.98 Å². The van der Waals surface area contributed by atoms with Gasteiger partial charge in [-0.3, -0.25) is 4.79 Å². The van der Waals surface area contributed by atoms with E-state index in [1.807, 2.05) is 36.2 Å². The molecule has 104 valence electrons. The van der Waals surface area contributed by atoms with Crippen molar-refractivity contribution in [2.45, 2.75) is 19.0 Å². The van der Waals surface area contributed by atoms with Gasteiger partial charge < -0.3 is 10.2 Å². The van der Waals surface area contributed by atoms with Gasteiger partial charge in [-0.2, -0.15) is 0 Å². The Kier molecular flexibility index (Phi) is 3.59. The molecule has 2 aromatic rings. The lowest BCUT2D eigenvalue weighted by Gasteiger charge is -2.17. The molecule has 4 nitrogen and oxygen atoms in total. The predicted octanol–water partition coefficient (Wildman–Crippen LogP) is 2.21. The maximum Gasteiger partial charge on any atom is 0.240 e. The third-order valence-corrected chi connectivity index (χ3v) is 4.01. The smallest absolute Gasteiger partial charge is 0.240 e. The molecule has 1 N–H and O–H groups in total. The summed E-state index contributed by atoms with van der Waals surface area (Å²) in [6.45, 7) is 1.42. The van der Waals surface area contributed by atoms with Crippen LogP contribution >= 0.6 is 11.6 Å². The number of nitrogens with one attached hydrogen (secondary N) is 1. The Morgan fingerprint density at radius 3 is 3.00 bits per heavy atom. The second-order valence-corrected chi connectivity index (χ2v) is 5.39. The van der Waals surface area contributed by atoms with E-state index in [1.54, 1.807) is 6.07 Å². The van der Waals surface area contributed by atoms with Crippen molar-refractivity contribution in [3.8, 4) is 0 Å². The molecule has 0 saturated carbocycles. The number of fused-ring (bicyclic) bond motifs is 1. The van der Waals surface area contributed by atoms with Gasteiger partial charge in [0.15, 0.2) is 0 Å². The molecule has 0 aliphatic carbocycles. The number of hydrogen-bond donors (Lipinski definition) is 1. The molecule has 1 fully saturated rings. The first-order valence-corrected chi connectivity index (χ1v) is 7.07. The Morgan fingerprint density at radius 2 is 2.25 bits per heavy atom. The molecule has 1 atom stereocenters. The quantitative estimate of drug-likeness (QED) is 0.881. The highest BCUT2D eigenvalue weighted by atomic mass is 35.5. The number of aromatic nitrogens is 1. The zero-order valence-corrected chi connectivity index (χ0v) is 12.0. The number of likely N-dealkylation sites (N-methyl/N-ethyl adjacent to an activating group) is 1. The van der Waals surface area contributed by atoms with Crippen LogP contribution in [-0.2, 0) is 11.3 Å². The third-order valence-electron chi connectivity index (χ3n) is 3.80. The summed E-state index contributed by atoms with van der Waals surface area (Å²) in [6.07, 6.45) is 0.865. The van der Waals surface area contributed by atoms with Crippen molar-refractivity contribution in [2.24, 2.45) is 0 Å². The average Bonchev–Trinajstić information content (AvgIpc) is 2.79. The van der Waals surface area contributed by atoms with E-state index in [2.05, 4.69) is 10.3 Å². The van der Waals surface area contributed by atoms with Crippen molar-refractivity contribution in [1.29, 1.82) is 0 Å². The fourth-order valence-corrected chi connectivity index (χ4v) is 2.86. The summed E-state index contributed by atoms with van der Waals surface area (Å²) >= 11 is 5.92. The van der Waals surface area contributed by atoms with Gasteiger partial charge in [0.1, 0.15) is 5.15 Å². The molecular formula is C15H16ClN3O. The van der Waals surface area contributed by atoms with E-state index in [-0.39, 0.29) is 11.9 Å². The van der Waals surface area contributed by atoms with Crippen LogP contribution in [0, 0.1) is 0 Å². The van der Waals surface area contributed by atoms with E-state index in [9.17, 15) is 4.79 Å². The number of nitrogens with zero attached hydrogens (tertiary/aromatic N) is 2. The molecule has 1 aromatic carbocycles. The standard InChI is InChI=1S/C15H16ClN3O/c1-17-13-7-8-19(15(13)20)9-10-3-2-4-12-11(10)5-6-14(16)18-12/h2-6,13,17H,7-9H2,1H3/t13-/m0/s1. The summed E-state index contributed by atoms with van der Waals surface area (Å²) in [4.78, 5) is 18.4. The molecule has 0 bridgehead atoms. The molecule has 1 aliphatic heterocycles. The molecular weight excluding hydrogens is 274 g/mol. The van der Waals surface area contributed by atoms with Crippen molar-refractivity contribution in [1.82, 2.24) is 15.2 Å². The number of pyridine rings is 1. The molecule has 5 heteroatoms. The van der Waals surface area contributed by atoms with E-state index in [0.29, 0.717) is 11.7 Å². The zero-order chi connectivity index (χ0) is 14.1. The predicted molar refractivity (Wildman–Crippen MR) is 79.6 cm³/mol. The van der Waals surface area contributed by atoms with Crippen LogP contribution in [0.25, 0.3) is 10.9 Å². The highest BCUT2D eigenvalue weighted by Crippen LogP contribution is 2.22. The van der Waals surface area contributed by atoms with Crippen molar-refractivity contribution in [3.63, 3.8) is 0 Å². The van der Waals surface area contributed by atoms with E-state index >= 15 is 0 Å². The number of benzene rings is 1. The fraction of sp³-hybridized carbons (Fsp3) is 0.333. The lowest BCUT2D eigenvalue weighted by molar-refractivity contribution is -0.129. The minimum Gasteiger partial charge on any atom is -0.337 e. The van der Waals surface area contributed by atoms with Gasteiger partial charge in [-0.1, -0.05) is 23.7 Å². The number of rotatable bonds is 3. The second kappa shape index (κ2) is 5.38. The van der Waals surface area contributed by atoms with Gasteiger partial charge >= 0.3 is 0 Å². The summed E-state index contributed by atoms with van der Waals surface area (Å²) in [5.74, 6) is 0.173. The highest BCUT2D eigenvalue weighted by molar-refractivity contribution is 6.29. The van der Waals surface area contributed by atoms with Crippen LogP contribution in [0.15, 0.2) is 30.3 Å². The SMILES string of the molecule is CN[C@H]1CCN(Cc2cccc3nc(Cl)ccc23)C1=O. The molecule has 0 unspecified atom stereocenters. The molecule has 2 heterocycles. The highest BCUT2D eigenvalue weighted by Gasteiger charge is 2.30. The molecule has 1 aliphatic rings. The minimum atomic E-state index is -0.0439. The van der Waals surface area contributed by atoms with Crippen molar-refractivity contribution < 1.29 is 4.79 Å². The first-order valence-electron chi connectivity index (χ1n) is 6.69. The van der Waals surface area contributed by atoms with E-state index < -0.39 is 0 Å². The van der Waals surface area contributed by atoms with Crippen LogP contribution in [-0.4, -0.2) is 35.4 Å². The molecule has 20 heavy (non-hydrogen) atoms. The molecule has 1 aromatic heterocycles. The van der Waals surface area contributed by atoms with E-state index in [1.165, 1.54) is 0 Å². The number of carbonyl (C=O) groups excluding carboxylic acids is 1. The van der Waals surface area contributed by atoms with Gasteiger partial charge in [0, 0.05) is 18.5 Å². The summed E-state index contributed by atoms with van der Waals surface area (Å²) < 4.78 is 0. The van der Waals surface area contributed by atoms with Crippen LogP contribution in [0.5, 0.6) is 0 Å². The average molecular weight is 290 g/mol. The van der Waals surface area contributed by atoms with Crippen molar-refractivity contribution >= 4 is 28.4 Å². The number of amides is 1. The summed E-state index contributed by atoms with van der Waals surface area (Å²) in [7, 11) is 1.83. The monoisotopic (exact) mass is 289 g/mol. The van der Waals surface area contributed by atoms with Gasteiger partial charge in [-0.05, 0) is 37.2 Å². The lowest BCUT2D eigenvalue weighted by Crippen LogP contribution is -2.35. The minimum absolute atomic E-state index is 0.0439. The van der Waals surface area contributed by atoms with Crippen LogP contribution in [0.4, 0.5) is 0 Å². The maximum atomic E-state index is 12.2. The van der Waals surface area contributed by atoms with Crippen LogP contribution in [0.2, 0.25) is 5.15 Å². The maximum absolute atomic E-state index is 12.2. The Bertz CT molecular complexity index is 659. The zero-order valence-electron chi connectivity index (χ0n) is 11.3.